The van der Waals surface area contributed by atoms with Crippen molar-refractivity contribution in [1.29, 1.82) is 0 Å². The molecular formula is C21H27N2O+. The maximum atomic E-state index is 11.0. The molecule has 0 radical (unpaired) electrons. The van der Waals surface area contributed by atoms with E-state index in [0.717, 1.165) is 38.0 Å². The average Bonchev–Trinajstić information content (AvgIpc) is 2.61. The molecule has 0 spiro atoms. The van der Waals surface area contributed by atoms with Crippen molar-refractivity contribution >= 4 is 12.0 Å². The lowest BCUT2D eigenvalue weighted by molar-refractivity contribution is -0.930. The fourth-order valence-electron chi connectivity index (χ4n) is 3.98. The zero-order valence-corrected chi connectivity index (χ0v) is 14.9. The predicted molar refractivity (Wildman–Crippen MR) is 99.1 cm³/mol. The van der Waals surface area contributed by atoms with Crippen LogP contribution in [0, 0.1) is 13.8 Å². The first kappa shape index (κ1) is 16.7. The largest absolute Gasteiger partial charge is 0.360 e. The zero-order valence-electron chi connectivity index (χ0n) is 14.9. The number of carbonyl (C=O) groups excluding carboxylic acids is 1. The third kappa shape index (κ3) is 3.36. The van der Waals surface area contributed by atoms with Crippen molar-refractivity contribution in [2.24, 2.45) is 0 Å². The van der Waals surface area contributed by atoms with Crippen LogP contribution in [0.25, 0.3) is 0 Å². The zero-order chi connectivity index (χ0) is 17.1. The lowest BCUT2D eigenvalue weighted by Crippen LogP contribution is -3.14. The molecule has 1 aliphatic heterocycles. The minimum Gasteiger partial charge on any atom is -0.360 e. The van der Waals surface area contributed by atoms with Gasteiger partial charge in [0, 0.05) is 16.8 Å². The number of nitrogens with zero attached hydrogens (tertiary/aromatic N) is 1. The number of quaternary nitrogens is 1. The van der Waals surface area contributed by atoms with Gasteiger partial charge in [0.2, 0.25) is 0 Å². The quantitative estimate of drug-likeness (QED) is 0.875. The van der Waals surface area contributed by atoms with Crippen molar-refractivity contribution in [3.63, 3.8) is 0 Å². The van der Waals surface area contributed by atoms with Crippen LogP contribution in [0.3, 0.4) is 0 Å². The molecule has 2 aromatic carbocycles. The molecule has 1 aliphatic rings. The van der Waals surface area contributed by atoms with E-state index in [4.69, 9.17) is 0 Å². The highest BCUT2D eigenvalue weighted by atomic mass is 16.1. The van der Waals surface area contributed by atoms with E-state index in [0.29, 0.717) is 6.04 Å². The van der Waals surface area contributed by atoms with E-state index in [1.165, 1.54) is 22.4 Å². The second-order valence-corrected chi connectivity index (χ2v) is 6.90. The number of benzene rings is 2. The minimum atomic E-state index is 0.535. The number of aldehydes is 1. The van der Waals surface area contributed by atoms with Gasteiger partial charge in [-0.15, -0.1) is 0 Å². The summed E-state index contributed by atoms with van der Waals surface area (Å²) in [5.74, 6) is 0. The van der Waals surface area contributed by atoms with Gasteiger partial charge in [-0.05, 0) is 44.0 Å². The molecule has 1 fully saturated rings. The van der Waals surface area contributed by atoms with Gasteiger partial charge in [0.15, 0.2) is 0 Å². The molecule has 1 heterocycles. The molecule has 0 aliphatic carbocycles. The number of aryl methyl sites for hydroxylation is 2. The van der Waals surface area contributed by atoms with E-state index in [1.807, 2.05) is 12.1 Å². The molecule has 3 nitrogen and oxygen atoms in total. The van der Waals surface area contributed by atoms with E-state index in [9.17, 15) is 4.79 Å². The Kier molecular flexibility index (Phi) is 5.00. The summed E-state index contributed by atoms with van der Waals surface area (Å²) in [6.45, 7) is 11.0. The number of rotatable bonds is 4. The maximum absolute atomic E-state index is 11.0. The van der Waals surface area contributed by atoms with Crippen molar-refractivity contribution in [1.82, 2.24) is 0 Å². The first-order valence-corrected chi connectivity index (χ1v) is 8.81. The summed E-state index contributed by atoms with van der Waals surface area (Å²) in [7, 11) is 0. The first-order chi connectivity index (χ1) is 11.6. The number of carbonyl (C=O) groups is 1. The van der Waals surface area contributed by atoms with Crippen LogP contribution in [0.1, 0.15) is 40.0 Å². The molecule has 0 unspecified atom stereocenters. The van der Waals surface area contributed by atoms with Crippen molar-refractivity contribution in [3.05, 3.63) is 64.7 Å². The van der Waals surface area contributed by atoms with E-state index in [-0.39, 0.29) is 0 Å². The summed E-state index contributed by atoms with van der Waals surface area (Å²) in [5, 5.41) is 0. The van der Waals surface area contributed by atoms with Gasteiger partial charge in [0.1, 0.15) is 12.3 Å². The minimum absolute atomic E-state index is 0.535. The number of nitrogens with one attached hydrogen (secondary N) is 1. The van der Waals surface area contributed by atoms with Crippen molar-refractivity contribution < 1.29 is 9.69 Å². The van der Waals surface area contributed by atoms with Crippen LogP contribution in [-0.4, -0.2) is 32.5 Å². The molecule has 3 heteroatoms. The van der Waals surface area contributed by atoms with Crippen LogP contribution in [0.5, 0.6) is 0 Å². The summed E-state index contributed by atoms with van der Waals surface area (Å²) in [6.07, 6.45) is 0.938. The van der Waals surface area contributed by atoms with Gasteiger partial charge >= 0.3 is 0 Å². The van der Waals surface area contributed by atoms with Crippen LogP contribution >= 0.6 is 0 Å². The average molecular weight is 323 g/mol. The highest BCUT2D eigenvalue weighted by Crippen LogP contribution is 2.26. The number of piperazine rings is 1. The standard InChI is InChI=1S/C21H26N2O/c1-16-13-19(15-24)14-17(2)21(16)23-11-9-22(10-12-23)18(3)20-7-5-4-6-8-20/h4-8,13-15,18H,9-12H2,1-3H3/p+1/t18-/m1/s1. The van der Waals surface area contributed by atoms with Crippen LogP contribution < -0.4 is 9.80 Å². The number of anilines is 1. The molecule has 1 atom stereocenters. The first-order valence-electron chi connectivity index (χ1n) is 8.81. The van der Waals surface area contributed by atoms with E-state index >= 15 is 0 Å². The second kappa shape index (κ2) is 7.18. The molecule has 0 saturated carbocycles. The van der Waals surface area contributed by atoms with Gasteiger partial charge < -0.3 is 9.80 Å². The lowest BCUT2D eigenvalue weighted by atomic mass is 10.0. The smallest absolute Gasteiger partial charge is 0.150 e. The third-order valence-corrected chi connectivity index (χ3v) is 5.28. The molecule has 0 bridgehead atoms. The van der Waals surface area contributed by atoms with E-state index in [1.54, 1.807) is 4.90 Å². The Morgan fingerprint density at radius 2 is 1.62 bits per heavy atom. The van der Waals surface area contributed by atoms with Gasteiger partial charge in [-0.2, -0.15) is 0 Å². The molecule has 126 valence electrons. The molecule has 1 N–H and O–H groups in total. The van der Waals surface area contributed by atoms with Gasteiger partial charge in [0.25, 0.3) is 0 Å². The Hall–Kier alpha value is -2.13. The van der Waals surface area contributed by atoms with Gasteiger partial charge in [-0.3, -0.25) is 4.79 Å². The molecule has 0 aromatic heterocycles. The number of hydrogen-bond donors (Lipinski definition) is 1. The Morgan fingerprint density at radius 3 is 2.17 bits per heavy atom. The van der Waals surface area contributed by atoms with E-state index < -0.39 is 0 Å². The van der Waals surface area contributed by atoms with Crippen molar-refractivity contribution in [2.75, 3.05) is 31.1 Å². The van der Waals surface area contributed by atoms with Crippen LogP contribution in [0.4, 0.5) is 5.69 Å². The molecule has 3 rings (SSSR count). The molecular weight excluding hydrogens is 296 g/mol. The SMILES string of the molecule is Cc1cc(C=O)cc(C)c1N1CC[NH+]([C@H](C)c2ccccc2)CC1. The Bertz CT molecular complexity index is 680. The molecule has 2 aromatic rings. The summed E-state index contributed by atoms with van der Waals surface area (Å²) in [5.41, 5.74) is 5.92. The maximum Gasteiger partial charge on any atom is 0.150 e. The normalized spacial score (nSPS) is 16.9. The monoisotopic (exact) mass is 323 g/mol. The highest BCUT2D eigenvalue weighted by molar-refractivity contribution is 5.78. The topological polar surface area (TPSA) is 24.8 Å². The Labute approximate surface area is 144 Å². The van der Waals surface area contributed by atoms with Crippen LogP contribution in [0.2, 0.25) is 0 Å². The summed E-state index contributed by atoms with van der Waals surface area (Å²) < 4.78 is 0. The highest BCUT2D eigenvalue weighted by Gasteiger charge is 2.26. The Morgan fingerprint density at radius 1 is 1.04 bits per heavy atom. The van der Waals surface area contributed by atoms with Crippen molar-refractivity contribution in [3.8, 4) is 0 Å². The van der Waals surface area contributed by atoms with Crippen LogP contribution in [0.15, 0.2) is 42.5 Å². The summed E-state index contributed by atoms with van der Waals surface area (Å²) >= 11 is 0. The summed E-state index contributed by atoms with van der Waals surface area (Å²) in [4.78, 5) is 15.2. The number of hydrogen-bond acceptors (Lipinski definition) is 2. The Balaban J connectivity index is 1.70. The van der Waals surface area contributed by atoms with Gasteiger partial charge in [0.05, 0.1) is 26.2 Å². The van der Waals surface area contributed by atoms with Crippen LogP contribution in [-0.2, 0) is 0 Å². The summed E-state index contributed by atoms with van der Waals surface area (Å²) in [6, 6.07) is 15.3. The van der Waals surface area contributed by atoms with Crippen molar-refractivity contribution in [2.45, 2.75) is 26.8 Å². The second-order valence-electron chi connectivity index (χ2n) is 6.90. The predicted octanol–water partition coefficient (Wildman–Crippen LogP) is 2.58. The molecule has 1 saturated heterocycles. The van der Waals surface area contributed by atoms with Gasteiger partial charge in [-0.1, -0.05) is 30.3 Å². The van der Waals surface area contributed by atoms with E-state index in [2.05, 4.69) is 56.0 Å². The molecule has 24 heavy (non-hydrogen) atoms. The molecule has 0 amide bonds. The fraction of sp³-hybridized carbons (Fsp3) is 0.381. The lowest BCUT2D eigenvalue weighted by Gasteiger charge is -2.38. The fourth-order valence-corrected chi connectivity index (χ4v) is 3.98. The van der Waals surface area contributed by atoms with Gasteiger partial charge in [-0.25, -0.2) is 0 Å². The third-order valence-electron chi connectivity index (χ3n) is 5.28.